The fourth-order valence-corrected chi connectivity index (χ4v) is 7.62. The van der Waals surface area contributed by atoms with Crippen LogP contribution in [0.2, 0.25) is 0 Å². The van der Waals surface area contributed by atoms with Crippen LogP contribution in [0, 0.1) is 6.92 Å². The first-order chi connectivity index (χ1) is 30.0. The van der Waals surface area contributed by atoms with Crippen molar-refractivity contribution in [3.8, 4) is 16.8 Å². The van der Waals surface area contributed by atoms with E-state index in [1.165, 1.54) is 38.9 Å². The number of nitrogens with one attached hydrogen (secondary N) is 2. The number of thiol groups is 1. The monoisotopic (exact) mass is 827 g/mol. The van der Waals surface area contributed by atoms with Gasteiger partial charge < -0.3 is 14.3 Å². The molecule has 1 aliphatic heterocycles. The molecule has 2 aromatic heterocycles. The minimum Gasteiger partial charge on any atom is -0.455 e. The highest BCUT2D eigenvalue weighted by Crippen LogP contribution is 2.40. The summed E-state index contributed by atoms with van der Waals surface area (Å²) >= 11 is 3.53. The molecular weight excluding hydrogens is 763 g/mol. The zero-order chi connectivity index (χ0) is 44.3. The van der Waals surface area contributed by atoms with Crippen LogP contribution in [0.5, 0.6) is 0 Å². The number of para-hydroxylation sites is 2. The third-order valence-electron chi connectivity index (χ3n) is 10.2. The Hall–Kier alpha value is -6.01. The lowest BCUT2D eigenvalue weighted by Crippen LogP contribution is -2.37. The van der Waals surface area contributed by atoms with Crippen molar-refractivity contribution in [3.05, 3.63) is 198 Å². The highest BCUT2D eigenvalue weighted by Gasteiger charge is 2.27. The summed E-state index contributed by atoms with van der Waals surface area (Å²) in [6.07, 6.45) is 18.8. The van der Waals surface area contributed by atoms with Gasteiger partial charge in [0.25, 0.3) is 0 Å². The molecule has 0 spiro atoms. The summed E-state index contributed by atoms with van der Waals surface area (Å²) < 4.78 is 8.79. The van der Waals surface area contributed by atoms with Crippen molar-refractivity contribution in [2.24, 2.45) is 0 Å². The van der Waals surface area contributed by atoms with Gasteiger partial charge in [0.1, 0.15) is 17.5 Å². The van der Waals surface area contributed by atoms with E-state index in [-0.39, 0.29) is 12.2 Å². The van der Waals surface area contributed by atoms with E-state index in [1.54, 1.807) is 12.3 Å². The molecule has 2 N–H and O–H groups in total. The predicted molar refractivity (Wildman–Crippen MR) is 274 cm³/mol. The van der Waals surface area contributed by atoms with Gasteiger partial charge in [-0.1, -0.05) is 169 Å². The highest BCUT2D eigenvalue weighted by molar-refractivity contribution is 7.79. The number of furan rings is 1. The molecule has 5 heteroatoms. The van der Waals surface area contributed by atoms with Crippen LogP contribution in [-0.2, 0) is 0 Å². The number of benzene rings is 5. The van der Waals surface area contributed by atoms with Gasteiger partial charge in [0.15, 0.2) is 0 Å². The topological polar surface area (TPSA) is 42.1 Å². The van der Waals surface area contributed by atoms with Crippen LogP contribution >= 0.6 is 12.6 Å². The minimum atomic E-state index is -0.0332. The molecule has 4 nitrogen and oxygen atoms in total. The molecule has 0 fully saturated rings. The van der Waals surface area contributed by atoms with Crippen LogP contribution in [0.1, 0.15) is 106 Å². The minimum absolute atomic E-state index is 0.0332. The first-order valence-corrected chi connectivity index (χ1v) is 22.5. The molecule has 0 saturated heterocycles. The fourth-order valence-electron chi connectivity index (χ4n) is 7.62. The summed E-state index contributed by atoms with van der Waals surface area (Å²) in [5, 5.41) is 9.90. The van der Waals surface area contributed by atoms with Gasteiger partial charge in [-0.3, -0.25) is 5.32 Å². The van der Waals surface area contributed by atoms with E-state index < -0.39 is 0 Å². The Labute approximate surface area is 371 Å². The zero-order valence-electron chi connectivity index (χ0n) is 37.7. The number of allylic oxidation sites excluding steroid dienone is 5. The smallest absolute Gasteiger partial charge is 0.143 e. The van der Waals surface area contributed by atoms with E-state index >= 15 is 0 Å². The largest absolute Gasteiger partial charge is 0.455 e. The number of aromatic nitrogens is 1. The van der Waals surface area contributed by atoms with Gasteiger partial charge in [-0.25, -0.2) is 0 Å². The lowest BCUT2D eigenvalue weighted by Gasteiger charge is -2.35. The Morgan fingerprint density at radius 1 is 0.754 bits per heavy atom. The van der Waals surface area contributed by atoms with E-state index in [4.69, 9.17) is 4.42 Å². The number of anilines is 1. The SMILES string of the molecule is C=C/C=C\CC.C=Cc1c(/C=C\C)oc2c(-c3ccc4c(c3)c(C)c(/C=C\C)n4-c3ccc(C4Nc5ccccc5C(c5ccccc5)N4)cc3)cccc12.CC.CC.CS. The first-order valence-electron chi connectivity index (χ1n) is 21.6. The molecule has 2 unspecified atom stereocenters. The molecule has 3 heterocycles. The van der Waals surface area contributed by atoms with Crippen molar-refractivity contribution in [1.29, 1.82) is 0 Å². The van der Waals surface area contributed by atoms with Crippen molar-refractivity contribution in [2.75, 3.05) is 11.6 Å². The summed E-state index contributed by atoms with van der Waals surface area (Å²) in [7, 11) is 0. The maximum absolute atomic E-state index is 6.42. The van der Waals surface area contributed by atoms with Crippen LogP contribution in [0.3, 0.4) is 0 Å². The van der Waals surface area contributed by atoms with Crippen molar-refractivity contribution in [1.82, 2.24) is 9.88 Å². The number of aryl methyl sites for hydroxylation is 1. The maximum Gasteiger partial charge on any atom is 0.143 e. The van der Waals surface area contributed by atoms with E-state index in [2.05, 4.69) is 195 Å². The Bertz CT molecular complexity index is 2550. The van der Waals surface area contributed by atoms with E-state index in [9.17, 15) is 0 Å². The number of hydrogen-bond acceptors (Lipinski definition) is 4. The van der Waals surface area contributed by atoms with Crippen molar-refractivity contribution in [3.63, 3.8) is 0 Å². The highest BCUT2D eigenvalue weighted by atomic mass is 32.1. The quantitative estimate of drug-likeness (QED) is 0.100. The molecular formula is C56H65N3OS. The molecule has 2 atom stereocenters. The predicted octanol–water partition coefficient (Wildman–Crippen LogP) is 16.6. The molecule has 1 aliphatic rings. The van der Waals surface area contributed by atoms with Gasteiger partial charge in [-0.05, 0) is 104 Å². The third kappa shape index (κ3) is 10.7. The number of rotatable bonds is 9. The van der Waals surface area contributed by atoms with Crippen LogP contribution in [0.4, 0.5) is 5.69 Å². The van der Waals surface area contributed by atoms with E-state index in [0.29, 0.717) is 0 Å². The fraction of sp³-hybridized carbons (Fsp3) is 0.214. The molecule has 0 amide bonds. The van der Waals surface area contributed by atoms with Gasteiger partial charge in [-0.15, -0.1) is 0 Å². The Morgan fingerprint density at radius 3 is 2.08 bits per heavy atom. The van der Waals surface area contributed by atoms with Gasteiger partial charge in [0.05, 0.1) is 11.6 Å². The second-order valence-electron chi connectivity index (χ2n) is 13.7. The summed E-state index contributed by atoms with van der Waals surface area (Å²) in [6.45, 7) is 24.0. The van der Waals surface area contributed by atoms with Gasteiger partial charge in [0.2, 0.25) is 0 Å². The van der Waals surface area contributed by atoms with Crippen molar-refractivity contribution < 1.29 is 4.42 Å². The van der Waals surface area contributed by atoms with Crippen LogP contribution in [0.25, 0.3) is 56.9 Å². The van der Waals surface area contributed by atoms with E-state index in [0.717, 1.165) is 51.2 Å². The lowest BCUT2D eigenvalue weighted by atomic mass is 9.93. The number of hydrogen-bond donors (Lipinski definition) is 3. The molecule has 0 saturated carbocycles. The lowest BCUT2D eigenvalue weighted by molar-refractivity contribution is 0.506. The molecule has 316 valence electrons. The molecule has 5 aromatic carbocycles. The average molecular weight is 828 g/mol. The van der Waals surface area contributed by atoms with Crippen LogP contribution in [0.15, 0.2) is 163 Å². The van der Waals surface area contributed by atoms with Crippen LogP contribution < -0.4 is 10.6 Å². The first kappa shape index (κ1) is 47.7. The second-order valence-corrected chi connectivity index (χ2v) is 13.7. The third-order valence-corrected chi connectivity index (χ3v) is 10.2. The Balaban J connectivity index is 0.000000615. The van der Waals surface area contributed by atoms with Gasteiger partial charge in [-0.2, -0.15) is 12.6 Å². The summed E-state index contributed by atoms with van der Waals surface area (Å²) in [5.74, 6) is 0.834. The molecule has 0 aliphatic carbocycles. The Morgan fingerprint density at radius 2 is 1.44 bits per heavy atom. The molecule has 61 heavy (non-hydrogen) atoms. The van der Waals surface area contributed by atoms with Crippen molar-refractivity contribution in [2.45, 2.75) is 74.0 Å². The summed E-state index contributed by atoms with van der Waals surface area (Å²) in [4.78, 5) is 0. The van der Waals surface area contributed by atoms with Gasteiger partial charge in [0, 0.05) is 39.0 Å². The van der Waals surface area contributed by atoms with Crippen LogP contribution in [-0.4, -0.2) is 10.8 Å². The standard InChI is InChI=1S/C45H39N3O.C6H10.2C2H6.CH4S/c1-5-14-40-29(4)38-28-32(35-19-13-20-36-34(7-3)42(15-6-2)49-44(35)36)24-27-41(38)48(40)33-25-22-31(23-26-33)45-46-39-21-12-11-18-37(39)43(47-45)30-16-9-8-10-17-30;1-3-5-6-4-2;3*1-2/h5-28,43,45-47H,3H2,1-2,4H3;3,5-6H,1,4H2,2H3;2*1-2H3;2H,1H3/b14-5-,15-6-;6-5-;;;. The zero-order valence-corrected chi connectivity index (χ0v) is 38.6. The number of nitrogens with zero attached hydrogens (tertiary/aromatic N) is 1. The van der Waals surface area contributed by atoms with Crippen molar-refractivity contribution >= 4 is 58.4 Å². The Kier molecular flexibility index (Phi) is 19.0. The molecule has 8 rings (SSSR count). The second kappa shape index (κ2) is 24.3. The number of fused-ring (bicyclic) bond motifs is 3. The molecule has 0 radical (unpaired) electrons. The normalized spacial score (nSPS) is 14.1. The summed E-state index contributed by atoms with van der Waals surface area (Å²) in [5.41, 5.74) is 13.7. The van der Waals surface area contributed by atoms with Gasteiger partial charge >= 0.3 is 0 Å². The summed E-state index contributed by atoms with van der Waals surface area (Å²) in [6, 6.07) is 41.4. The maximum atomic E-state index is 6.42. The van der Waals surface area contributed by atoms with E-state index in [1.807, 2.05) is 58.9 Å². The molecule has 0 bridgehead atoms. The average Bonchev–Trinajstić information content (AvgIpc) is 3.83. The molecule has 7 aromatic rings.